The molecule has 0 saturated heterocycles. The third-order valence-electron chi connectivity index (χ3n) is 3.88. The summed E-state index contributed by atoms with van der Waals surface area (Å²) in [4.78, 5) is 16.3. The molecule has 7 nitrogen and oxygen atoms in total. The summed E-state index contributed by atoms with van der Waals surface area (Å²) >= 11 is 0. The van der Waals surface area contributed by atoms with E-state index in [-0.39, 0.29) is 16.1 Å². The molecule has 1 heterocycles. The van der Waals surface area contributed by atoms with Crippen LogP contribution in [0.25, 0.3) is 5.69 Å². The van der Waals surface area contributed by atoms with Gasteiger partial charge in [-0.25, -0.2) is 22.1 Å². The zero-order valence-electron chi connectivity index (χ0n) is 14.6. The molecule has 0 unspecified atom stereocenters. The minimum Gasteiger partial charge on any atom is -0.322 e. The fraction of sp³-hybridized carbons (Fsp3) is 0.111. The fourth-order valence-electron chi connectivity index (χ4n) is 2.39. The lowest BCUT2D eigenvalue weighted by atomic mass is 10.2. The molecule has 1 amide bonds. The topological polar surface area (TPSA) is 84.3 Å². The number of hydrogen-bond acceptors (Lipinski definition) is 4. The molecule has 0 bridgehead atoms. The highest BCUT2D eigenvalue weighted by molar-refractivity contribution is 7.89. The van der Waals surface area contributed by atoms with E-state index in [0.717, 1.165) is 4.31 Å². The van der Waals surface area contributed by atoms with Crippen molar-refractivity contribution in [3.8, 4) is 5.69 Å². The minimum atomic E-state index is -3.57. The molecule has 0 aliphatic rings. The first kappa shape index (κ1) is 18.7. The zero-order chi connectivity index (χ0) is 19.6. The van der Waals surface area contributed by atoms with Gasteiger partial charge in [0.15, 0.2) is 0 Å². The van der Waals surface area contributed by atoms with Crippen molar-refractivity contribution in [3.05, 3.63) is 72.6 Å². The van der Waals surface area contributed by atoms with Gasteiger partial charge in [-0.05, 0) is 42.5 Å². The van der Waals surface area contributed by atoms with Gasteiger partial charge in [-0.3, -0.25) is 4.79 Å². The molecule has 1 aromatic heterocycles. The second-order valence-corrected chi connectivity index (χ2v) is 8.05. The van der Waals surface area contributed by atoms with Crippen LogP contribution in [0.4, 0.5) is 10.1 Å². The third-order valence-corrected chi connectivity index (χ3v) is 5.71. The molecule has 0 fully saturated rings. The van der Waals surface area contributed by atoms with Crippen LogP contribution in [0, 0.1) is 5.82 Å². The summed E-state index contributed by atoms with van der Waals surface area (Å²) in [5.41, 5.74) is 0.849. The maximum absolute atomic E-state index is 14.3. The molecule has 9 heteroatoms. The van der Waals surface area contributed by atoms with Gasteiger partial charge in [-0.15, -0.1) is 0 Å². The number of nitrogens with zero attached hydrogens (tertiary/aromatic N) is 3. The van der Waals surface area contributed by atoms with Crippen molar-refractivity contribution in [2.75, 3.05) is 19.4 Å². The quantitative estimate of drug-likeness (QED) is 0.728. The maximum Gasteiger partial charge on any atom is 0.255 e. The number of rotatable bonds is 5. The number of benzene rings is 2. The van der Waals surface area contributed by atoms with Gasteiger partial charge in [0.1, 0.15) is 5.82 Å². The average Bonchev–Trinajstić information content (AvgIpc) is 3.16. The molecule has 0 aliphatic heterocycles. The number of amides is 1. The van der Waals surface area contributed by atoms with Crippen LogP contribution in [0.3, 0.4) is 0 Å². The highest BCUT2D eigenvalue weighted by Gasteiger charge is 2.17. The van der Waals surface area contributed by atoms with Gasteiger partial charge in [0.2, 0.25) is 10.0 Å². The Hall–Kier alpha value is -3.04. The van der Waals surface area contributed by atoms with Crippen molar-refractivity contribution in [1.29, 1.82) is 0 Å². The summed E-state index contributed by atoms with van der Waals surface area (Å²) in [5, 5.41) is 2.59. The van der Waals surface area contributed by atoms with E-state index in [1.807, 2.05) is 0 Å². The smallest absolute Gasteiger partial charge is 0.255 e. The van der Waals surface area contributed by atoms with Crippen molar-refractivity contribution in [3.63, 3.8) is 0 Å². The van der Waals surface area contributed by atoms with Crippen LogP contribution in [0.5, 0.6) is 0 Å². The van der Waals surface area contributed by atoms with Gasteiger partial charge < -0.3 is 9.88 Å². The number of imidazole rings is 1. The molecular formula is C18H17FN4O3S. The Bertz CT molecular complexity index is 1060. The summed E-state index contributed by atoms with van der Waals surface area (Å²) in [5.74, 6) is -0.989. The van der Waals surface area contributed by atoms with Crippen molar-refractivity contribution in [2.45, 2.75) is 4.90 Å². The molecule has 0 atom stereocenters. The Kier molecular flexibility index (Phi) is 5.06. The first-order valence-electron chi connectivity index (χ1n) is 7.91. The SMILES string of the molecule is CN(C)S(=O)(=O)c1ccc(C(=O)Nc2ccc(-n3ccnc3)c(F)c2)cc1. The normalized spacial score (nSPS) is 11.6. The minimum absolute atomic E-state index is 0.0831. The van der Waals surface area contributed by atoms with E-state index >= 15 is 0 Å². The summed E-state index contributed by atoms with van der Waals surface area (Å²) in [6.07, 6.45) is 4.62. The van der Waals surface area contributed by atoms with E-state index in [4.69, 9.17) is 0 Å². The zero-order valence-corrected chi connectivity index (χ0v) is 15.4. The van der Waals surface area contributed by atoms with Crippen molar-refractivity contribution in [2.24, 2.45) is 0 Å². The van der Waals surface area contributed by atoms with Crippen molar-refractivity contribution >= 4 is 21.6 Å². The standard InChI is InChI=1S/C18H17FN4O3S/c1-22(2)27(25,26)15-6-3-13(4-7-15)18(24)21-14-5-8-17(16(19)11-14)23-10-9-20-12-23/h3-12H,1-2H3,(H,21,24). The monoisotopic (exact) mass is 388 g/mol. The Morgan fingerprint density at radius 2 is 1.85 bits per heavy atom. The van der Waals surface area contributed by atoms with E-state index in [2.05, 4.69) is 10.3 Å². The number of anilines is 1. The largest absolute Gasteiger partial charge is 0.322 e. The molecule has 0 radical (unpaired) electrons. The first-order valence-corrected chi connectivity index (χ1v) is 9.35. The Morgan fingerprint density at radius 3 is 2.41 bits per heavy atom. The van der Waals surface area contributed by atoms with E-state index in [1.54, 1.807) is 12.3 Å². The summed E-state index contributed by atoms with van der Waals surface area (Å²) in [6, 6.07) is 9.82. The molecule has 3 aromatic rings. The van der Waals surface area contributed by atoms with Crippen LogP contribution in [0.15, 0.2) is 66.1 Å². The highest BCUT2D eigenvalue weighted by atomic mass is 32.2. The molecule has 0 spiro atoms. The molecule has 3 rings (SSSR count). The second kappa shape index (κ2) is 7.29. The molecule has 0 saturated carbocycles. The van der Waals surface area contributed by atoms with Crippen molar-refractivity contribution in [1.82, 2.24) is 13.9 Å². The number of sulfonamides is 1. The Morgan fingerprint density at radius 1 is 1.15 bits per heavy atom. The van der Waals surface area contributed by atoms with Gasteiger partial charge >= 0.3 is 0 Å². The molecule has 2 aromatic carbocycles. The number of carbonyl (C=O) groups is 1. The number of hydrogen-bond donors (Lipinski definition) is 1. The predicted octanol–water partition coefficient (Wildman–Crippen LogP) is 2.51. The predicted molar refractivity (Wildman–Crippen MR) is 98.8 cm³/mol. The first-order chi connectivity index (χ1) is 12.8. The van der Waals surface area contributed by atoms with Gasteiger partial charge in [0, 0.05) is 37.7 Å². The molecule has 140 valence electrons. The van der Waals surface area contributed by atoms with Crippen LogP contribution >= 0.6 is 0 Å². The van der Waals surface area contributed by atoms with Crippen LogP contribution in [-0.2, 0) is 10.0 Å². The summed E-state index contributed by atoms with van der Waals surface area (Å²) in [6.45, 7) is 0. The number of halogens is 1. The van der Waals surface area contributed by atoms with Gasteiger partial charge in [-0.1, -0.05) is 0 Å². The fourth-order valence-corrected chi connectivity index (χ4v) is 3.29. The van der Waals surface area contributed by atoms with Gasteiger partial charge in [0.25, 0.3) is 5.91 Å². The highest BCUT2D eigenvalue weighted by Crippen LogP contribution is 2.19. The lowest BCUT2D eigenvalue weighted by molar-refractivity contribution is 0.102. The van der Waals surface area contributed by atoms with E-state index < -0.39 is 21.7 Å². The van der Waals surface area contributed by atoms with Gasteiger partial charge in [-0.2, -0.15) is 0 Å². The number of nitrogens with one attached hydrogen (secondary N) is 1. The number of aromatic nitrogens is 2. The summed E-state index contributed by atoms with van der Waals surface area (Å²) < 4.78 is 41.0. The summed E-state index contributed by atoms with van der Waals surface area (Å²) in [7, 11) is -0.709. The maximum atomic E-state index is 14.3. The second-order valence-electron chi connectivity index (χ2n) is 5.90. The van der Waals surface area contributed by atoms with Crippen LogP contribution in [0.2, 0.25) is 0 Å². The third kappa shape index (κ3) is 3.88. The van der Waals surface area contributed by atoms with Crippen LogP contribution < -0.4 is 5.32 Å². The molecule has 1 N–H and O–H groups in total. The van der Waals surface area contributed by atoms with E-state index in [9.17, 15) is 17.6 Å². The molecular weight excluding hydrogens is 371 g/mol. The number of carbonyl (C=O) groups excluding carboxylic acids is 1. The van der Waals surface area contributed by atoms with Gasteiger partial charge in [0.05, 0.1) is 16.9 Å². The van der Waals surface area contributed by atoms with Crippen molar-refractivity contribution < 1.29 is 17.6 Å². The average molecular weight is 388 g/mol. The van der Waals surface area contributed by atoms with Crippen LogP contribution in [-0.4, -0.2) is 42.3 Å². The Balaban J connectivity index is 1.77. The molecule has 27 heavy (non-hydrogen) atoms. The van der Waals surface area contributed by atoms with E-state index in [0.29, 0.717) is 5.69 Å². The van der Waals surface area contributed by atoms with E-state index in [1.165, 1.54) is 67.6 Å². The Labute approximate surface area is 156 Å². The lowest BCUT2D eigenvalue weighted by Gasteiger charge is -2.12. The lowest BCUT2D eigenvalue weighted by Crippen LogP contribution is -2.22. The molecule has 0 aliphatic carbocycles. The van der Waals surface area contributed by atoms with Crippen LogP contribution in [0.1, 0.15) is 10.4 Å².